The zero-order valence-corrected chi connectivity index (χ0v) is 13.3. The molecule has 3 aromatic rings. The normalized spacial score (nSPS) is 19.3. The zero-order valence-electron chi connectivity index (χ0n) is 13.3. The largest absolute Gasteiger partial charge is 0.337 e. The summed E-state index contributed by atoms with van der Waals surface area (Å²) in [6.07, 6.45) is 5.74. The maximum Gasteiger partial charge on any atom is 0.127 e. The van der Waals surface area contributed by atoms with Crippen LogP contribution in [0.1, 0.15) is 17.4 Å². The Bertz CT molecular complexity index is 810. The number of rotatable bonds is 3. The van der Waals surface area contributed by atoms with Gasteiger partial charge in [0.1, 0.15) is 5.82 Å². The summed E-state index contributed by atoms with van der Waals surface area (Å²) in [6, 6.07) is 11.0. The highest BCUT2D eigenvalue weighted by atomic mass is 15.3. The molecule has 0 spiro atoms. The van der Waals surface area contributed by atoms with Crippen molar-refractivity contribution in [1.82, 2.24) is 24.8 Å². The quantitative estimate of drug-likeness (QED) is 0.805. The standard InChI is InChI=1S/C18H21N5/c1-22-9-8-21-18(22)17-12-19-7-10-23(17)13-14-4-5-16-15(11-14)3-2-6-20-16/h2-6,8-9,11,17,19H,7,10,12-13H2,1H3. The van der Waals surface area contributed by atoms with Crippen molar-refractivity contribution in [2.75, 3.05) is 19.6 Å². The number of aryl methyl sites for hydroxylation is 1. The molecule has 1 N–H and O–H groups in total. The third-order valence-electron chi connectivity index (χ3n) is 4.56. The van der Waals surface area contributed by atoms with Crippen LogP contribution in [0.15, 0.2) is 48.9 Å². The Morgan fingerprint density at radius 1 is 1.22 bits per heavy atom. The predicted molar refractivity (Wildman–Crippen MR) is 91.0 cm³/mol. The fourth-order valence-corrected chi connectivity index (χ4v) is 3.35. The van der Waals surface area contributed by atoms with Gasteiger partial charge in [-0.15, -0.1) is 0 Å². The maximum atomic E-state index is 4.55. The summed E-state index contributed by atoms with van der Waals surface area (Å²) in [7, 11) is 2.07. The lowest BCUT2D eigenvalue weighted by Crippen LogP contribution is -2.46. The molecule has 0 bridgehead atoms. The summed E-state index contributed by atoms with van der Waals surface area (Å²) in [5.41, 5.74) is 2.38. The third-order valence-corrected chi connectivity index (χ3v) is 4.56. The molecule has 0 saturated carbocycles. The number of benzene rings is 1. The lowest BCUT2D eigenvalue weighted by molar-refractivity contribution is 0.145. The molecule has 1 aliphatic rings. The summed E-state index contributed by atoms with van der Waals surface area (Å²) in [5.74, 6) is 1.12. The molecule has 4 rings (SSSR count). The molecule has 1 aromatic carbocycles. The summed E-state index contributed by atoms with van der Waals surface area (Å²) < 4.78 is 2.12. The lowest BCUT2D eigenvalue weighted by Gasteiger charge is -2.35. The molecule has 1 atom stereocenters. The molecule has 5 heteroatoms. The zero-order chi connectivity index (χ0) is 15.6. The second-order valence-electron chi connectivity index (χ2n) is 6.12. The number of piperazine rings is 1. The predicted octanol–water partition coefficient (Wildman–Crippen LogP) is 2.11. The smallest absolute Gasteiger partial charge is 0.127 e. The highest BCUT2D eigenvalue weighted by Gasteiger charge is 2.26. The minimum absolute atomic E-state index is 0.313. The van der Waals surface area contributed by atoms with Crippen molar-refractivity contribution in [3.63, 3.8) is 0 Å². The Morgan fingerprint density at radius 2 is 2.17 bits per heavy atom. The van der Waals surface area contributed by atoms with E-state index in [-0.39, 0.29) is 0 Å². The molecular weight excluding hydrogens is 286 g/mol. The molecule has 1 unspecified atom stereocenters. The van der Waals surface area contributed by atoms with Crippen molar-refractivity contribution in [2.45, 2.75) is 12.6 Å². The van der Waals surface area contributed by atoms with E-state index in [0.717, 1.165) is 37.5 Å². The average molecular weight is 307 g/mol. The number of imidazole rings is 1. The first kappa shape index (κ1) is 14.4. The number of hydrogen-bond donors (Lipinski definition) is 1. The Balaban J connectivity index is 1.61. The topological polar surface area (TPSA) is 46.0 Å². The first-order valence-corrected chi connectivity index (χ1v) is 8.07. The number of fused-ring (bicyclic) bond motifs is 1. The Labute approximate surface area is 136 Å². The van der Waals surface area contributed by atoms with E-state index in [0.29, 0.717) is 6.04 Å². The van der Waals surface area contributed by atoms with Crippen molar-refractivity contribution in [2.24, 2.45) is 7.05 Å². The van der Waals surface area contributed by atoms with Crippen LogP contribution < -0.4 is 5.32 Å². The van der Waals surface area contributed by atoms with Gasteiger partial charge >= 0.3 is 0 Å². The van der Waals surface area contributed by atoms with Crippen molar-refractivity contribution < 1.29 is 0 Å². The van der Waals surface area contributed by atoms with Crippen LogP contribution in [-0.2, 0) is 13.6 Å². The van der Waals surface area contributed by atoms with Gasteiger partial charge in [0.05, 0.1) is 11.6 Å². The van der Waals surface area contributed by atoms with Crippen LogP contribution in [0.2, 0.25) is 0 Å². The molecule has 1 fully saturated rings. The van der Waals surface area contributed by atoms with Crippen LogP contribution in [0.25, 0.3) is 10.9 Å². The van der Waals surface area contributed by atoms with Crippen LogP contribution in [0.5, 0.6) is 0 Å². The Morgan fingerprint density at radius 3 is 3.04 bits per heavy atom. The fourth-order valence-electron chi connectivity index (χ4n) is 3.35. The Kier molecular flexibility index (Phi) is 3.81. The van der Waals surface area contributed by atoms with Gasteiger partial charge in [0, 0.05) is 57.2 Å². The summed E-state index contributed by atoms with van der Waals surface area (Å²) >= 11 is 0. The molecule has 0 amide bonds. The SMILES string of the molecule is Cn1ccnc1C1CNCCN1Cc1ccc2ncccc2c1. The van der Waals surface area contributed by atoms with Crippen molar-refractivity contribution in [3.8, 4) is 0 Å². The van der Waals surface area contributed by atoms with Gasteiger partial charge in [-0.3, -0.25) is 9.88 Å². The molecule has 118 valence electrons. The second kappa shape index (κ2) is 6.10. The van der Waals surface area contributed by atoms with Gasteiger partial charge in [0.15, 0.2) is 0 Å². The van der Waals surface area contributed by atoms with E-state index in [9.17, 15) is 0 Å². The van der Waals surface area contributed by atoms with Crippen LogP contribution in [0, 0.1) is 0 Å². The van der Waals surface area contributed by atoms with E-state index in [2.05, 4.69) is 56.1 Å². The molecule has 3 heterocycles. The highest BCUT2D eigenvalue weighted by Crippen LogP contribution is 2.23. The van der Waals surface area contributed by atoms with E-state index in [4.69, 9.17) is 0 Å². The van der Waals surface area contributed by atoms with Crippen molar-refractivity contribution >= 4 is 10.9 Å². The number of nitrogens with zero attached hydrogens (tertiary/aromatic N) is 4. The molecule has 1 aliphatic heterocycles. The van der Waals surface area contributed by atoms with Gasteiger partial charge in [0.25, 0.3) is 0 Å². The van der Waals surface area contributed by atoms with E-state index < -0.39 is 0 Å². The average Bonchev–Trinajstić information content (AvgIpc) is 3.01. The van der Waals surface area contributed by atoms with Gasteiger partial charge in [-0.1, -0.05) is 12.1 Å². The lowest BCUT2D eigenvalue weighted by atomic mass is 10.1. The molecule has 23 heavy (non-hydrogen) atoms. The van der Waals surface area contributed by atoms with Crippen LogP contribution >= 0.6 is 0 Å². The van der Waals surface area contributed by atoms with Crippen LogP contribution in [-0.4, -0.2) is 39.1 Å². The minimum Gasteiger partial charge on any atom is -0.337 e. The van der Waals surface area contributed by atoms with E-state index in [1.54, 1.807) is 0 Å². The maximum absolute atomic E-state index is 4.55. The van der Waals surface area contributed by atoms with E-state index in [1.165, 1.54) is 10.9 Å². The third kappa shape index (κ3) is 2.85. The van der Waals surface area contributed by atoms with E-state index in [1.807, 2.05) is 24.7 Å². The first-order chi connectivity index (χ1) is 11.3. The molecule has 0 radical (unpaired) electrons. The number of nitrogens with one attached hydrogen (secondary N) is 1. The number of hydrogen-bond acceptors (Lipinski definition) is 4. The Hall–Kier alpha value is -2.24. The second-order valence-corrected chi connectivity index (χ2v) is 6.12. The van der Waals surface area contributed by atoms with Gasteiger partial charge in [-0.05, 0) is 23.8 Å². The number of pyridine rings is 1. The minimum atomic E-state index is 0.313. The monoisotopic (exact) mass is 307 g/mol. The van der Waals surface area contributed by atoms with E-state index >= 15 is 0 Å². The fraction of sp³-hybridized carbons (Fsp3) is 0.333. The van der Waals surface area contributed by atoms with Crippen LogP contribution in [0.3, 0.4) is 0 Å². The molecule has 1 saturated heterocycles. The van der Waals surface area contributed by atoms with Crippen molar-refractivity contribution in [1.29, 1.82) is 0 Å². The molecule has 5 nitrogen and oxygen atoms in total. The molecule has 2 aromatic heterocycles. The molecular formula is C18H21N5. The highest BCUT2D eigenvalue weighted by molar-refractivity contribution is 5.78. The van der Waals surface area contributed by atoms with Gasteiger partial charge in [-0.25, -0.2) is 4.98 Å². The van der Waals surface area contributed by atoms with Crippen molar-refractivity contribution in [3.05, 3.63) is 60.3 Å². The van der Waals surface area contributed by atoms with Gasteiger partial charge in [-0.2, -0.15) is 0 Å². The molecule has 0 aliphatic carbocycles. The summed E-state index contributed by atoms with van der Waals surface area (Å²) in [6.45, 7) is 3.93. The summed E-state index contributed by atoms with van der Waals surface area (Å²) in [4.78, 5) is 11.5. The van der Waals surface area contributed by atoms with Crippen LogP contribution in [0.4, 0.5) is 0 Å². The number of aromatic nitrogens is 3. The summed E-state index contributed by atoms with van der Waals surface area (Å²) in [5, 5.41) is 4.69. The van der Waals surface area contributed by atoms with Gasteiger partial charge in [0.2, 0.25) is 0 Å². The van der Waals surface area contributed by atoms with Gasteiger partial charge < -0.3 is 9.88 Å². The first-order valence-electron chi connectivity index (χ1n) is 8.07.